The molecule has 2 aromatic rings. The van der Waals surface area contributed by atoms with E-state index in [0.717, 1.165) is 15.7 Å². The maximum absolute atomic E-state index is 13.1. The summed E-state index contributed by atoms with van der Waals surface area (Å²) in [6.45, 7) is 0. The molecule has 4 rings (SSSR count). The van der Waals surface area contributed by atoms with Crippen molar-refractivity contribution in [2.45, 2.75) is 6.04 Å². The number of nitrogens with one attached hydrogen (secondary N) is 2. The summed E-state index contributed by atoms with van der Waals surface area (Å²) in [6.07, 6.45) is 1.04. The Kier molecular flexibility index (Phi) is 5.69. The van der Waals surface area contributed by atoms with Gasteiger partial charge in [-0.3, -0.25) is 24.0 Å². The van der Waals surface area contributed by atoms with E-state index in [1.807, 2.05) is 0 Å². The van der Waals surface area contributed by atoms with Gasteiger partial charge in [-0.25, -0.2) is 19.3 Å². The summed E-state index contributed by atoms with van der Waals surface area (Å²) >= 11 is 5.19. The molecule has 13 nitrogen and oxygen atoms in total. The lowest BCUT2D eigenvalue weighted by Gasteiger charge is -2.30. The van der Waals surface area contributed by atoms with Gasteiger partial charge >= 0.3 is 17.8 Å². The van der Waals surface area contributed by atoms with E-state index >= 15 is 0 Å². The number of guanidine groups is 1. The zero-order valence-corrected chi connectivity index (χ0v) is 19.4. The van der Waals surface area contributed by atoms with Crippen LogP contribution in [-0.4, -0.2) is 88.5 Å². The third-order valence-electron chi connectivity index (χ3n) is 5.45. The maximum Gasteiger partial charge on any atom is 0.421 e. The van der Waals surface area contributed by atoms with E-state index in [2.05, 4.69) is 20.2 Å². The standard InChI is InChI=1S/C20H20N8O5S/c1-25-13-14(26(2)20(32)27(3)17(13)31)22-18(25)24-21-9-10-15(29)23-19(34)28(16(10)30)11-7-5-6-8-12(11)33-4/h5-9,13H,1-4H3,(H2,21,23,29,30,34). The topological polar surface area (TPSA) is 152 Å². The SMILES string of the molecule is COc1ccccc1-n1c([O-])c(/C=N/NC2=[N+]=C3C(C(=O)N(C)C(=O)N3C)N2C)c(=O)[nH]c1=S. The van der Waals surface area contributed by atoms with E-state index in [-0.39, 0.29) is 22.1 Å². The molecule has 1 atom stereocenters. The number of hydrazone groups is 1. The van der Waals surface area contributed by atoms with Crippen LogP contribution in [0.5, 0.6) is 11.6 Å². The number of carbonyl (C=O) groups is 2. The van der Waals surface area contributed by atoms with E-state index in [1.54, 1.807) is 31.3 Å². The fraction of sp³-hybridized carbons (Fsp3) is 0.250. The van der Waals surface area contributed by atoms with Gasteiger partial charge in [-0.2, -0.15) is 5.43 Å². The molecule has 3 amide bonds. The van der Waals surface area contributed by atoms with Crippen LogP contribution in [0.15, 0.2) is 34.2 Å². The van der Waals surface area contributed by atoms with Crippen LogP contribution in [0.2, 0.25) is 0 Å². The fourth-order valence-electron chi connectivity index (χ4n) is 3.61. The smallest absolute Gasteiger partial charge is 0.421 e. The Bertz CT molecular complexity index is 1420. The summed E-state index contributed by atoms with van der Waals surface area (Å²) in [7, 11) is 5.94. The molecule has 1 unspecified atom stereocenters. The van der Waals surface area contributed by atoms with Crippen LogP contribution >= 0.6 is 12.2 Å². The van der Waals surface area contributed by atoms with Crippen molar-refractivity contribution < 1.29 is 19.4 Å². The number of amidine groups is 1. The quantitative estimate of drug-likeness (QED) is 0.232. The molecule has 0 aliphatic carbocycles. The molecule has 1 saturated heterocycles. The average molecular weight is 484 g/mol. The van der Waals surface area contributed by atoms with E-state index in [4.69, 9.17) is 17.0 Å². The zero-order valence-electron chi connectivity index (χ0n) is 18.6. The third kappa shape index (κ3) is 3.50. The number of aromatic amines is 1. The van der Waals surface area contributed by atoms with Crippen molar-refractivity contribution in [2.24, 2.45) is 5.10 Å². The number of urea groups is 1. The van der Waals surface area contributed by atoms with Crippen LogP contribution in [0.4, 0.5) is 4.79 Å². The minimum absolute atomic E-state index is 0.0969. The lowest BCUT2D eigenvalue weighted by atomic mass is 10.1. The number of benzene rings is 1. The predicted molar refractivity (Wildman–Crippen MR) is 124 cm³/mol. The van der Waals surface area contributed by atoms with Gasteiger partial charge in [-0.1, -0.05) is 12.1 Å². The Morgan fingerprint density at radius 2 is 1.91 bits per heavy atom. The van der Waals surface area contributed by atoms with Gasteiger partial charge in [-0.05, 0) is 30.2 Å². The minimum Gasteiger partial charge on any atom is -0.859 e. The molecule has 1 aromatic carbocycles. The van der Waals surface area contributed by atoms with E-state index in [9.17, 15) is 19.5 Å². The Morgan fingerprint density at radius 1 is 1.21 bits per heavy atom. The largest absolute Gasteiger partial charge is 0.859 e. The number of carbonyl (C=O) groups excluding carboxylic acids is 2. The Morgan fingerprint density at radius 3 is 2.62 bits per heavy atom. The summed E-state index contributed by atoms with van der Waals surface area (Å²) in [4.78, 5) is 43.3. The van der Waals surface area contributed by atoms with Gasteiger partial charge in [0.25, 0.3) is 11.5 Å². The first kappa shape index (κ1) is 22.8. The van der Waals surface area contributed by atoms with Crippen molar-refractivity contribution in [3.63, 3.8) is 0 Å². The van der Waals surface area contributed by atoms with Crippen LogP contribution in [0.25, 0.3) is 5.69 Å². The van der Waals surface area contributed by atoms with Gasteiger partial charge in [0.1, 0.15) is 5.75 Å². The number of methoxy groups -OCH3 is 1. The number of ether oxygens (including phenoxy) is 1. The molecule has 0 spiro atoms. The average Bonchev–Trinajstić information content (AvgIpc) is 3.14. The van der Waals surface area contributed by atoms with Crippen LogP contribution in [0, 0.1) is 4.77 Å². The number of likely N-dealkylation sites (N-methyl/N-ethyl adjacent to an activating group) is 3. The lowest BCUT2D eigenvalue weighted by Crippen LogP contribution is -2.63. The number of nitrogens with zero attached hydrogens (tertiary/aromatic N) is 6. The second-order valence-electron chi connectivity index (χ2n) is 7.40. The van der Waals surface area contributed by atoms with Crippen molar-refractivity contribution in [1.29, 1.82) is 0 Å². The summed E-state index contributed by atoms with van der Waals surface area (Å²) in [5, 5.41) is 17.1. The Labute approximate surface area is 197 Å². The van der Waals surface area contributed by atoms with Gasteiger partial charge in [0.05, 0.1) is 31.6 Å². The summed E-state index contributed by atoms with van der Waals surface area (Å²) in [5.74, 6) is -0.363. The molecule has 176 valence electrons. The van der Waals surface area contributed by atoms with Crippen molar-refractivity contribution in [1.82, 2.24) is 34.3 Å². The Hall–Kier alpha value is -4.42. The first-order chi connectivity index (χ1) is 16.2. The van der Waals surface area contributed by atoms with Crippen molar-refractivity contribution in [2.75, 3.05) is 28.3 Å². The van der Waals surface area contributed by atoms with E-state index in [1.165, 1.54) is 31.0 Å². The third-order valence-corrected chi connectivity index (χ3v) is 5.74. The fourth-order valence-corrected chi connectivity index (χ4v) is 3.89. The number of H-pyrrole nitrogens is 1. The molecular formula is C20H20N8O5S. The number of imide groups is 1. The monoisotopic (exact) mass is 484 g/mol. The highest BCUT2D eigenvalue weighted by Gasteiger charge is 2.53. The molecular weight excluding hydrogens is 464 g/mol. The first-order valence-corrected chi connectivity index (χ1v) is 10.3. The van der Waals surface area contributed by atoms with Gasteiger partial charge in [0.15, 0.2) is 4.77 Å². The highest BCUT2D eigenvalue weighted by Crippen LogP contribution is 2.25. The van der Waals surface area contributed by atoms with Crippen molar-refractivity contribution >= 4 is 42.2 Å². The Balaban J connectivity index is 1.68. The van der Waals surface area contributed by atoms with Crippen molar-refractivity contribution in [3.05, 3.63) is 45.0 Å². The highest BCUT2D eigenvalue weighted by atomic mass is 32.1. The number of rotatable bonds is 4. The number of amides is 3. The van der Waals surface area contributed by atoms with Crippen LogP contribution < -0.4 is 25.5 Å². The zero-order chi connectivity index (χ0) is 24.7. The number of hydrogen-bond acceptors (Lipinski definition) is 9. The first-order valence-electron chi connectivity index (χ1n) is 9.89. The summed E-state index contributed by atoms with van der Waals surface area (Å²) in [5.41, 5.74) is 1.96. The van der Waals surface area contributed by atoms with Gasteiger partial charge in [0.2, 0.25) is 6.04 Å². The minimum atomic E-state index is -0.809. The molecule has 34 heavy (non-hydrogen) atoms. The second kappa shape index (κ2) is 8.50. The van der Waals surface area contributed by atoms with Gasteiger partial charge in [-0.15, -0.1) is 5.10 Å². The number of fused-ring (bicyclic) bond motifs is 1. The second-order valence-corrected chi connectivity index (χ2v) is 7.79. The molecule has 1 aromatic heterocycles. The molecule has 0 saturated carbocycles. The van der Waals surface area contributed by atoms with Crippen LogP contribution in [-0.2, 0) is 4.79 Å². The molecule has 2 N–H and O–H groups in total. The van der Waals surface area contributed by atoms with Gasteiger partial charge in [0, 0.05) is 14.1 Å². The van der Waals surface area contributed by atoms with Gasteiger partial charge < -0.3 is 9.84 Å². The van der Waals surface area contributed by atoms with Crippen molar-refractivity contribution in [3.8, 4) is 17.3 Å². The van der Waals surface area contributed by atoms with E-state index < -0.39 is 29.4 Å². The maximum atomic E-state index is 13.1. The summed E-state index contributed by atoms with van der Waals surface area (Å²) in [6, 6.07) is 5.40. The normalized spacial score (nSPS) is 17.8. The molecule has 14 heteroatoms. The van der Waals surface area contributed by atoms with Crippen LogP contribution in [0.3, 0.4) is 0 Å². The molecule has 0 radical (unpaired) electrons. The highest BCUT2D eigenvalue weighted by molar-refractivity contribution is 7.71. The predicted octanol–water partition coefficient (Wildman–Crippen LogP) is -1.44. The van der Waals surface area contributed by atoms with Crippen LogP contribution in [0.1, 0.15) is 5.56 Å². The lowest BCUT2D eigenvalue weighted by molar-refractivity contribution is -0.278. The molecule has 0 bridgehead atoms. The number of para-hydroxylation sites is 2. The summed E-state index contributed by atoms with van der Waals surface area (Å²) < 4.78 is 10.6. The molecule has 1 fully saturated rings. The molecule has 3 heterocycles. The van der Waals surface area contributed by atoms with E-state index in [0.29, 0.717) is 11.4 Å². The molecule has 2 aliphatic heterocycles. The number of hydrogen-bond donors (Lipinski definition) is 2. The molecule has 2 aliphatic rings. The number of aromatic nitrogens is 2.